The SMILES string of the molecule is Cn1cc(Cc2cccc(C(F)(F)F)c2N)cn1. The quantitative estimate of drug-likeness (QED) is 0.838. The highest BCUT2D eigenvalue weighted by Crippen LogP contribution is 2.35. The van der Waals surface area contributed by atoms with Crippen molar-refractivity contribution in [2.75, 3.05) is 5.73 Å². The van der Waals surface area contributed by atoms with Crippen LogP contribution < -0.4 is 5.73 Å². The Balaban J connectivity index is 2.35. The Morgan fingerprint density at radius 2 is 2.06 bits per heavy atom. The molecule has 0 radical (unpaired) electrons. The summed E-state index contributed by atoms with van der Waals surface area (Å²) < 4.78 is 39.6. The molecular weight excluding hydrogens is 243 g/mol. The van der Waals surface area contributed by atoms with Crippen LogP contribution in [0.2, 0.25) is 0 Å². The number of alkyl halides is 3. The van der Waals surface area contributed by atoms with Gasteiger partial charge in [-0.3, -0.25) is 4.68 Å². The summed E-state index contributed by atoms with van der Waals surface area (Å²) in [6.45, 7) is 0. The van der Waals surface area contributed by atoms with Crippen LogP contribution in [-0.2, 0) is 19.6 Å². The van der Waals surface area contributed by atoms with Gasteiger partial charge in [0.1, 0.15) is 0 Å². The van der Waals surface area contributed by atoms with Crippen LogP contribution in [-0.4, -0.2) is 9.78 Å². The summed E-state index contributed by atoms with van der Waals surface area (Å²) in [5, 5.41) is 3.97. The van der Waals surface area contributed by atoms with E-state index in [1.165, 1.54) is 6.07 Å². The molecule has 0 bridgehead atoms. The topological polar surface area (TPSA) is 43.8 Å². The first-order valence-electron chi connectivity index (χ1n) is 5.30. The maximum Gasteiger partial charge on any atom is 0.418 e. The van der Waals surface area contributed by atoms with Crippen molar-refractivity contribution < 1.29 is 13.2 Å². The molecule has 0 aliphatic rings. The molecule has 0 aliphatic heterocycles. The molecule has 6 heteroatoms. The van der Waals surface area contributed by atoms with Crippen molar-refractivity contribution in [2.45, 2.75) is 12.6 Å². The Morgan fingerprint density at radius 1 is 1.33 bits per heavy atom. The normalized spacial score (nSPS) is 11.8. The van der Waals surface area contributed by atoms with Crippen molar-refractivity contribution in [3.63, 3.8) is 0 Å². The monoisotopic (exact) mass is 255 g/mol. The second-order valence-electron chi connectivity index (χ2n) is 4.08. The number of rotatable bonds is 2. The number of aromatic nitrogens is 2. The fraction of sp³-hybridized carbons (Fsp3) is 0.250. The zero-order valence-corrected chi connectivity index (χ0v) is 9.70. The second-order valence-corrected chi connectivity index (χ2v) is 4.08. The molecule has 2 aromatic rings. The van der Waals surface area contributed by atoms with Crippen molar-refractivity contribution in [1.29, 1.82) is 0 Å². The van der Waals surface area contributed by atoms with Crippen molar-refractivity contribution in [3.8, 4) is 0 Å². The maximum atomic E-state index is 12.7. The zero-order chi connectivity index (χ0) is 13.3. The van der Waals surface area contributed by atoms with Crippen LogP contribution in [0.1, 0.15) is 16.7 Å². The Kier molecular flexibility index (Phi) is 3.02. The van der Waals surface area contributed by atoms with Crippen molar-refractivity contribution in [3.05, 3.63) is 47.3 Å². The number of aryl methyl sites for hydroxylation is 1. The number of nitrogens with two attached hydrogens (primary N) is 1. The van der Waals surface area contributed by atoms with Gasteiger partial charge in [0.2, 0.25) is 0 Å². The van der Waals surface area contributed by atoms with Crippen LogP contribution in [0.5, 0.6) is 0 Å². The first kappa shape index (κ1) is 12.5. The molecule has 1 aromatic carbocycles. The second kappa shape index (κ2) is 4.36. The average Bonchev–Trinajstić information content (AvgIpc) is 2.65. The van der Waals surface area contributed by atoms with Crippen LogP contribution in [0.25, 0.3) is 0 Å². The van der Waals surface area contributed by atoms with E-state index in [9.17, 15) is 13.2 Å². The van der Waals surface area contributed by atoms with E-state index in [-0.39, 0.29) is 5.69 Å². The number of hydrogen-bond donors (Lipinski definition) is 1. The van der Waals surface area contributed by atoms with Crippen LogP contribution in [0.4, 0.5) is 18.9 Å². The fourth-order valence-corrected chi connectivity index (χ4v) is 1.80. The molecular formula is C12H12F3N3. The highest BCUT2D eigenvalue weighted by molar-refractivity contribution is 5.56. The van der Waals surface area contributed by atoms with E-state index in [0.717, 1.165) is 11.6 Å². The van der Waals surface area contributed by atoms with E-state index in [1.54, 1.807) is 30.2 Å². The minimum atomic E-state index is -4.42. The number of hydrogen-bond acceptors (Lipinski definition) is 2. The molecule has 0 aliphatic carbocycles. The van der Waals surface area contributed by atoms with E-state index in [0.29, 0.717) is 12.0 Å². The Morgan fingerprint density at radius 3 is 2.61 bits per heavy atom. The standard InChI is InChI=1S/C12H12F3N3/c1-18-7-8(6-17-18)5-9-3-2-4-10(11(9)16)12(13,14)15/h2-4,6-7H,5,16H2,1H3. The third-order valence-corrected chi connectivity index (χ3v) is 2.65. The third kappa shape index (κ3) is 2.47. The van der Waals surface area contributed by atoms with E-state index in [4.69, 9.17) is 5.73 Å². The Bertz CT molecular complexity index is 558. The lowest BCUT2D eigenvalue weighted by Crippen LogP contribution is -2.10. The summed E-state index contributed by atoms with van der Waals surface area (Å²) in [7, 11) is 1.75. The van der Waals surface area contributed by atoms with Gasteiger partial charge in [-0.15, -0.1) is 0 Å². The molecule has 0 saturated heterocycles. The lowest BCUT2D eigenvalue weighted by atomic mass is 10.0. The summed E-state index contributed by atoms with van der Waals surface area (Å²) in [6, 6.07) is 3.95. The molecule has 18 heavy (non-hydrogen) atoms. The molecule has 3 nitrogen and oxygen atoms in total. The predicted octanol–water partition coefficient (Wildman–Crippen LogP) is 2.61. The molecule has 96 valence electrons. The highest BCUT2D eigenvalue weighted by Gasteiger charge is 2.33. The summed E-state index contributed by atoms with van der Waals surface area (Å²) in [5.74, 6) is 0. The molecule has 0 spiro atoms. The molecule has 2 rings (SSSR count). The van der Waals surface area contributed by atoms with Crippen LogP contribution >= 0.6 is 0 Å². The average molecular weight is 255 g/mol. The van der Waals surface area contributed by atoms with Gasteiger partial charge in [0.05, 0.1) is 11.8 Å². The molecule has 0 amide bonds. The molecule has 0 unspecified atom stereocenters. The van der Waals surface area contributed by atoms with E-state index in [1.807, 2.05) is 0 Å². The first-order valence-corrected chi connectivity index (χ1v) is 5.30. The smallest absolute Gasteiger partial charge is 0.398 e. The number of para-hydroxylation sites is 1. The van der Waals surface area contributed by atoms with Gasteiger partial charge in [-0.05, 0) is 17.2 Å². The highest BCUT2D eigenvalue weighted by atomic mass is 19.4. The molecule has 0 atom stereocenters. The Hall–Kier alpha value is -1.98. The van der Waals surface area contributed by atoms with E-state index < -0.39 is 11.7 Å². The van der Waals surface area contributed by atoms with Gasteiger partial charge in [0.15, 0.2) is 0 Å². The van der Waals surface area contributed by atoms with Gasteiger partial charge in [-0.1, -0.05) is 12.1 Å². The van der Waals surface area contributed by atoms with Gasteiger partial charge in [-0.2, -0.15) is 18.3 Å². The minimum absolute atomic E-state index is 0.214. The van der Waals surface area contributed by atoms with Crippen LogP contribution in [0.3, 0.4) is 0 Å². The number of nitrogens with zero attached hydrogens (tertiary/aromatic N) is 2. The van der Waals surface area contributed by atoms with Gasteiger partial charge in [-0.25, -0.2) is 0 Å². The van der Waals surface area contributed by atoms with Crippen molar-refractivity contribution in [2.24, 2.45) is 7.05 Å². The number of benzene rings is 1. The molecule has 2 N–H and O–H groups in total. The summed E-state index contributed by atoms with van der Waals surface area (Å²) in [6.07, 6.45) is -0.724. The largest absolute Gasteiger partial charge is 0.418 e. The number of nitrogen functional groups attached to an aromatic ring is 1. The lowest BCUT2D eigenvalue weighted by Gasteiger charge is -2.12. The minimum Gasteiger partial charge on any atom is -0.398 e. The fourth-order valence-electron chi connectivity index (χ4n) is 1.80. The van der Waals surface area contributed by atoms with Crippen molar-refractivity contribution in [1.82, 2.24) is 9.78 Å². The third-order valence-electron chi connectivity index (χ3n) is 2.65. The summed E-state index contributed by atoms with van der Waals surface area (Å²) in [5.41, 5.74) is 5.85. The van der Waals surface area contributed by atoms with Gasteiger partial charge in [0.25, 0.3) is 0 Å². The molecule has 1 heterocycles. The zero-order valence-electron chi connectivity index (χ0n) is 9.70. The van der Waals surface area contributed by atoms with Gasteiger partial charge in [0, 0.05) is 25.4 Å². The summed E-state index contributed by atoms with van der Waals surface area (Å²) >= 11 is 0. The predicted molar refractivity (Wildman–Crippen MR) is 61.9 cm³/mol. The van der Waals surface area contributed by atoms with Crippen LogP contribution in [0.15, 0.2) is 30.6 Å². The van der Waals surface area contributed by atoms with E-state index in [2.05, 4.69) is 5.10 Å². The van der Waals surface area contributed by atoms with Crippen molar-refractivity contribution >= 4 is 5.69 Å². The maximum absolute atomic E-state index is 12.7. The first-order chi connectivity index (χ1) is 8.38. The van der Waals surface area contributed by atoms with Gasteiger partial charge < -0.3 is 5.73 Å². The number of halogens is 3. The van der Waals surface area contributed by atoms with Crippen LogP contribution in [0, 0.1) is 0 Å². The lowest BCUT2D eigenvalue weighted by molar-refractivity contribution is -0.136. The molecule has 1 aromatic heterocycles. The molecule has 0 saturated carbocycles. The van der Waals surface area contributed by atoms with Gasteiger partial charge >= 0.3 is 6.18 Å². The summed E-state index contributed by atoms with van der Waals surface area (Å²) in [4.78, 5) is 0. The van der Waals surface area contributed by atoms with E-state index >= 15 is 0 Å². The molecule has 0 fully saturated rings. The Labute approximate surface area is 102 Å². The number of anilines is 1.